The number of ketones is 1. The molecule has 1 saturated heterocycles. The lowest BCUT2D eigenvalue weighted by Gasteiger charge is -2.22. The number of nitrogens with zero attached hydrogens (tertiary/aromatic N) is 1. The zero-order chi connectivity index (χ0) is 18.4. The van der Waals surface area contributed by atoms with Crippen LogP contribution in [0.15, 0.2) is 48.5 Å². The molecule has 0 bridgehead atoms. The van der Waals surface area contributed by atoms with Gasteiger partial charge in [0.25, 0.3) is 0 Å². The van der Waals surface area contributed by atoms with E-state index in [1.54, 1.807) is 18.2 Å². The third-order valence-corrected chi connectivity index (χ3v) is 5.20. The van der Waals surface area contributed by atoms with E-state index < -0.39 is 5.82 Å². The normalized spacial score (nSPS) is 13.7. The molecule has 136 valence electrons. The number of carbonyl (C=O) groups excluding carboxylic acids is 2. The molecule has 0 saturated carbocycles. The number of para-hydroxylation sites is 1. The summed E-state index contributed by atoms with van der Waals surface area (Å²) >= 11 is 1.23. The quantitative estimate of drug-likeness (QED) is 0.747. The minimum Gasteiger partial charge on any atom is -0.370 e. The van der Waals surface area contributed by atoms with Crippen molar-refractivity contribution >= 4 is 34.8 Å². The topological polar surface area (TPSA) is 49.4 Å². The summed E-state index contributed by atoms with van der Waals surface area (Å²) in [5, 5.41) is 2.68. The number of hydrogen-bond donors (Lipinski definition) is 1. The van der Waals surface area contributed by atoms with Crippen LogP contribution in [0.2, 0.25) is 0 Å². The zero-order valence-electron chi connectivity index (χ0n) is 14.4. The number of anilines is 2. The van der Waals surface area contributed by atoms with Crippen molar-refractivity contribution in [2.45, 2.75) is 12.8 Å². The molecule has 0 spiro atoms. The van der Waals surface area contributed by atoms with Gasteiger partial charge in [-0.2, -0.15) is 0 Å². The monoisotopic (exact) mass is 372 g/mol. The predicted molar refractivity (Wildman–Crippen MR) is 105 cm³/mol. The van der Waals surface area contributed by atoms with Crippen LogP contribution in [0.3, 0.4) is 0 Å². The number of nitrogens with one attached hydrogen (secondary N) is 1. The van der Waals surface area contributed by atoms with Gasteiger partial charge in [-0.25, -0.2) is 4.39 Å². The van der Waals surface area contributed by atoms with Crippen molar-refractivity contribution in [2.75, 3.05) is 34.8 Å². The molecule has 1 heterocycles. The second kappa shape index (κ2) is 8.85. The van der Waals surface area contributed by atoms with E-state index in [0.29, 0.717) is 5.56 Å². The molecule has 26 heavy (non-hydrogen) atoms. The molecule has 6 heteroatoms. The molecule has 0 radical (unpaired) electrons. The highest BCUT2D eigenvalue weighted by Gasteiger charge is 2.19. The Hall–Kier alpha value is -2.34. The predicted octanol–water partition coefficient (Wildman–Crippen LogP) is 3.98. The fourth-order valence-electron chi connectivity index (χ4n) is 2.98. The summed E-state index contributed by atoms with van der Waals surface area (Å²) < 4.78 is 14.2. The summed E-state index contributed by atoms with van der Waals surface area (Å²) in [6.07, 6.45) is 2.14. The molecule has 2 aromatic rings. The summed E-state index contributed by atoms with van der Waals surface area (Å²) in [5.74, 6) is -0.443. The van der Waals surface area contributed by atoms with Crippen LogP contribution in [-0.2, 0) is 4.79 Å². The van der Waals surface area contributed by atoms with Gasteiger partial charge in [-0.1, -0.05) is 36.4 Å². The number of carbonyl (C=O) groups is 2. The smallest absolute Gasteiger partial charge is 0.234 e. The Morgan fingerprint density at radius 1 is 1.00 bits per heavy atom. The van der Waals surface area contributed by atoms with Crippen LogP contribution in [0, 0.1) is 5.82 Å². The van der Waals surface area contributed by atoms with Crippen molar-refractivity contribution in [3.8, 4) is 0 Å². The minimum absolute atomic E-state index is 0.0213. The molecule has 4 nitrogen and oxygen atoms in total. The molecule has 1 aliphatic heterocycles. The molecule has 3 rings (SSSR count). The van der Waals surface area contributed by atoms with E-state index in [0.717, 1.165) is 31.6 Å². The number of halogens is 1. The Morgan fingerprint density at radius 2 is 1.73 bits per heavy atom. The fraction of sp³-hybridized carbons (Fsp3) is 0.300. The van der Waals surface area contributed by atoms with Gasteiger partial charge in [-0.3, -0.25) is 9.59 Å². The minimum atomic E-state index is -0.437. The SMILES string of the molecule is O=C(CSCC(=O)c1ccccc1)Nc1c(F)cccc1N1CCCC1. The third-order valence-electron chi connectivity index (χ3n) is 4.26. The van der Waals surface area contributed by atoms with Crippen LogP contribution in [0.1, 0.15) is 23.2 Å². The van der Waals surface area contributed by atoms with Gasteiger partial charge in [0.1, 0.15) is 11.5 Å². The van der Waals surface area contributed by atoms with E-state index in [4.69, 9.17) is 0 Å². The van der Waals surface area contributed by atoms with E-state index in [9.17, 15) is 14.0 Å². The van der Waals surface area contributed by atoms with Crippen LogP contribution < -0.4 is 10.2 Å². The number of hydrogen-bond acceptors (Lipinski definition) is 4. The van der Waals surface area contributed by atoms with Gasteiger partial charge in [0, 0.05) is 18.7 Å². The van der Waals surface area contributed by atoms with Crippen LogP contribution >= 0.6 is 11.8 Å². The number of amides is 1. The molecular weight excluding hydrogens is 351 g/mol. The van der Waals surface area contributed by atoms with Gasteiger partial charge < -0.3 is 10.2 Å². The Labute approximate surface area is 156 Å². The van der Waals surface area contributed by atoms with Crippen molar-refractivity contribution in [1.82, 2.24) is 0 Å². The second-order valence-electron chi connectivity index (χ2n) is 6.16. The first-order valence-corrected chi connectivity index (χ1v) is 9.80. The summed E-state index contributed by atoms with van der Waals surface area (Å²) in [4.78, 5) is 26.4. The molecule has 1 fully saturated rings. The number of rotatable bonds is 7. The molecule has 1 N–H and O–H groups in total. The molecule has 0 aliphatic carbocycles. The standard InChI is InChI=1S/C20H21FN2O2S/c21-16-9-6-10-17(23-11-4-5-12-23)20(16)22-19(25)14-26-13-18(24)15-7-2-1-3-8-15/h1-3,6-10H,4-5,11-14H2,(H,22,25). The maximum atomic E-state index is 14.2. The van der Waals surface area contributed by atoms with Gasteiger partial charge in [-0.05, 0) is 25.0 Å². The van der Waals surface area contributed by atoms with Crippen molar-refractivity contribution in [2.24, 2.45) is 0 Å². The van der Waals surface area contributed by atoms with Gasteiger partial charge >= 0.3 is 0 Å². The first-order valence-electron chi connectivity index (χ1n) is 8.64. The molecule has 1 amide bonds. The van der Waals surface area contributed by atoms with E-state index in [1.165, 1.54) is 17.8 Å². The highest BCUT2D eigenvalue weighted by molar-refractivity contribution is 8.00. The van der Waals surface area contributed by atoms with Crippen molar-refractivity contribution in [3.05, 3.63) is 59.9 Å². The van der Waals surface area contributed by atoms with Gasteiger partial charge in [-0.15, -0.1) is 11.8 Å². The maximum Gasteiger partial charge on any atom is 0.234 e. The van der Waals surface area contributed by atoms with E-state index >= 15 is 0 Å². The first-order chi connectivity index (χ1) is 12.6. The van der Waals surface area contributed by atoms with Crippen LogP contribution in [0.4, 0.5) is 15.8 Å². The van der Waals surface area contributed by atoms with E-state index in [1.807, 2.05) is 24.3 Å². The van der Waals surface area contributed by atoms with Crippen LogP contribution in [0.5, 0.6) is 0 Å². The van der Waals surface area contributed by atoms with Crippen molar-refractivity contribution in [1.29, 1.82) is 0 Å². The molecule has 0 unspecified atom stereocenters. The summed E-state index contributed by atoms with van der Waals surface area (Å²) in [6, 6.07) is 13.8. The number of thioether (sulfide) groups is 1. The van der Waals surface area contributed by atoms with Crippen LogP contribution in [0.25, 0.3) is 0 Å². The van der Waals surface area contributed by atoms with E-state index in [2.05, 4.69) is 10.2 Å². The van der Waals surface area contributed by atoms with Gasteiger partial charge in [0.05, 0.1) is 17.2 Å². The molecular formula is C20H21FN2O2S. The zero-order valence-corrected chi connectivity index (χ0v) is 15.2. The third kappa shape index (κ3) is 4.64. The van der Waals surface area contributed by atoms with Crippen molar-refractivity contribution in [3.63, 3.8) is 0 Å². The first kappa shape index (κ1) is 18.5. The fourth-order valence-corrected chi connectivity index (χ4v) is 3.69. The largest absolute Gasteiger partial charge is 0.370 e. The average molecular weight is 372 g/mol. The van der Waals surface area contributed by atoms with Gasteiger partial charge in [0.15, 0.2) is 5.78 Å². The molecule has 1 aliphatic rings. The molecule has 2 aromatic carbocycles. The van der Waals surface area contributed by atoms with Gasteiger partial charge in [0.2, 0.25) is 5.91 Å². The Morgan fingerprint density at radius 3 is 2.46 bits per heavy atom. The summed E-state index contributed by atoms with van der Waals surface area (Å²) in [6.45, 7) is 1.74. The second-order valence-corrected chi connectivity index (χ2v) is 7.14. The van der Waals surface area contributed by atoms with E-state index in [-0.39, 0.29) is 28.9 Å². The molecule has 0 atom stereocenters. The highest BCUT2D eigenvalue weighted by Crippen LogP contribution is 2.31. The van der Waals surface area contributed by atoms with Crippen LogP contribution in [-0.4, -0.2) is 36.3 Å². The average Bonchev–Trinajstić information content (AvgIpc) is 3.18. The summed E-state index contributed by atoms with van der Waals surface area (Å²) in [5.41, 5.74) is 1.58. The molecule has 0 aromatic heterocycles. The highest BCUT2D eigenvalue weighted by atomic mass is 32.2. The summed E-state index contributed by atoms with van der Waals surface area (Å²) in [7, 11) is 0. The lowest BCUT2D eigenvalue weighted by atomic mass is 10.2. The Bertz CT molecular complexity index is 777. The number of Topliss-reactive ketones (excluding diaryl/α,β-unsaturated/α-hetero) is 1. The lowest BCUT2D eigenvalue weighted by Crippen LogP contribution is -2.23. The Balaban J connectivity index is 1.56. The lowest BCUT2D eigenvalue weighted by molar-refractivity contribution is -0.113. The van der Waals surface area contributed by atoms with Crippen molar-refractivity contribution < 1.29 is 14.0 Å². The number of benzene rings is 2. The maximum absolute atomic E-state index is 14.2. The Kier molecular flexibility index (Phi) is 6.28.